The van der Waals surface area contributed by atoms with Crippen molar-refractivity contribution in [2.24, 2.45) is 17.0 Å². The number of primary sulfonamides is 1. The number of rotatable bonds is 4. The first-order valence-corrected chi connectivity index (χ1v) is 10.7. The Kier molecular flexibility index (Phi) is 3.83. The zero-order chi connectivity index (χ0) is 19.0. The van der Waals surface area contributed by atoms with E-state index in [9.17, 15) is 28.2 Å². The Hall–Kier alpha value is -1.73. The van der Waals surface area contributed by atoms with E-state index in [-0.39, 0.29) is 26.5 Å². The summed E-state index contributed by atoms with van der Waals surface area (Å²) in [6, 6.07) is 0. The second-order valence-corrected chi connectivity index (χ2v) is 9.88. The van der Waals surface area contributed by atoms with Crippen molar-refractivity contribution in [3.8, 4) is 0 Å². The Morgan fingerprint density at radius 1 is 1.46 bits per heavy atom. The zero-order valence-electron chi connectivity index (χ0n) is 13.2. The maximum Gasteiger partial charge on any atom is 0.333 e. The van der Waals surface area contributed by atoms with E-state index >= 15 is 0 Å². The fraction of sp³-hybridized carbons (Fsp3) is 0.357. The Labute approximate surface area is 155 Å². The number of sulfonamides is 1. The van der Waals surface area contributed by atoms with Crippen LogP contribution in [0.5, 0.6) is 0 Å². The molecular formula is C14H13N3O6S3. The molecule has 1 unspecified atom stereocenters. The number of thiazole rings is 1. The van der Waals surface area contributed by atoms with Gasteiger partial charge < -0.3 is 10.2 Å². The minimum atomic E-state index is -4.01. The summed E-state index contributed by atoms with van der Waals surface area (Å²) in [6.45, 7) is 1.51. The number of aliphatic carboxylic acids is 1. The number of thioether (sulfide) groups is 1. The van der Waals surface area contributed by atoms with Gasteiger partial charge in [-0.3, -0.25) is 9.20 Å². The van der Waals surface area contributed by atoms with Crippen molar-refractivity contribution in [3.05, 3.63) is 23.0 Å². The second kappa shape index (κ2) is 5.63. The molecule has 4 N–H and O–H groups in total. The zero-order valence-corrected chi connectivity index (χ0v) is 15.6. The predicted octanol–water partition coefficient (Wildman–Crippen LogP) is 0.150. The fourth-order valence-corrected chi connectivity index (χ4v) is 7.32. The number of ketones is 1. The van der Waals surface area contributed by atoms with Crippen molar-refractivity contribution < 1.29 is 28.2 Å². The van der Waals surface area contributed by atoms with Crippen LogP contribution in [0.1, 0.15) is 11.8 Å². The van der Waals surface area contributed by atoms with Gasteiger partial charge in [-0.25, -0.2) is 23.3 Å². The number of carboxylic acids is 1. The van der Waals surface area contributed by atoms with Crippen LogP contribution in [0, 0.1) is 11.8 Å². The van der Waals surface area contributed by atoms with Gasteiger partial charge in [0.25, 0.3) is 10.0 Å². The Bertz CT molecular complexity index is 1100. The standard InChI is InChI=1S/C14H13N3O6S3/c1-4(18)6-9(19)7-8(14(20)21)10(25-11(6)7)5-2-17-3-16-12(13(17)24-5)26(15,22)23/h2-4,6-7,11,18H,1H3,(H,20,21)(H2,15,22,23)/t4-,6+,7?,11+/m1/s1. The number of imidazole rings is 1. The Balaban J connectivity index is 1.83. The van der Waals surface area contributed by atoms with Crippen LogP contribution in [-0.4, -0.2) is 51.1 Å². The lowest BCUT2D eigenvalue weighted by molar-refractivity contribution is -0.142. The van der Waals surface area contributed by atoms with Gasteiger partial charge in [0.05, 0.1) is 28.4 Å². The molecule has 9 nitrogen and oxygen atoms in total. The molecule has 0 amide bonds. The number of fused-ring (bicyclic) bond motifs is 2. The SMILES string of the molecule is C[C@@H](O)[C@H]1C(=O)C2C(C(=O)O)=C(c3cn4cnc(S(N)(=O)=O)c4s3)S[C@H]21. The van der Waals surface area contributed by atoms with E-state index < -0.39 is 33.9 Å². The molecule has 1 saturated carbocycles. The summed E-state index contributed by atoms with van der Waals surface area (Å²) in [4.78, 5) is 29.0. The van der Waals surface area contributed by atoms with Gasteiger partial charge in [-0.15, -0.1) is 23.1 Å². The number of aliphatic hydroxyl groups is 1. The van der Waals surface area contributed by atoms with Gasteiger partial charge in [-0.2, -0.15) is 0 Å². The summed E-state index contributed by atoms with van der Waals surface area (Å²) < 4.78 is 24.7. The highest BCUT2D eigenvalue weighted by atomic mass is 32.2. The van der Waals surface area contributed by atoms with Crippen molar-refractivity contribution in [1.82, 2.24) is 9.38 Å². The van der Waals surface area contributed by atoms with E-state index in [4.69, 9.17) is 5.14 Å². The number of Topliss-reactive ketones (excluding diaryl/α,β-unsaturated/α-hetero) is 1. The first kappa shape index (κ1) is 17.7. The van der Waals surface area contributed by atoms with Crippen LogP contribution in [0.15, 0.2) is 23.1 Å². The minimum Gasteiger partial charge on any atom is -0.478 e. The van der Waals surface area contributed by atoms with Gasteiger partial charge >= 0.3 is 5.97 Å². The van der Waals surface area contributed by atoms with Crippen molar-refractivity contribution in [2.45, 2.75) is 23.3 Å². The third kappa shape index (κ3) is 2.36. The third-order valence-corrected chi connectivity index (χ3v) is 8.29. The van der Waals surface area contributed by atoms with Gasteiger partial charge in [0.2, 0.25) is 5.03 Å². The number of aliphatic hydroxyl groups excluding tert-OH is 1. The molecule has 0 saturated heterocycles. The van der Waals surface area contributed by atoms with Gasteiger partial charge in [-0.1, -0.05) is 0 Å². The van der Waals surface area contributed by atoms with Crippen LogP contribution in [0.4, 0.5) is 0 Å². The summed E-state index contributed by atoms with van der Waals surface area (Å²) in [5, 5.41) is 23.9. The van der Waals surface area contributed by atoms with Crippen molar-refractivity contribution in [3.63, 3.8) is 0 Å². The van der Waals surface area contributed by atoms with Crippen molar-refractivity contribution in [1.29, 1.82) is 0 Å². The van der Waals surface area contributed by atoms with E-state index in [1.165, 1.54) is 29.4 Å². The van der Waals surface area contributed by atoms with Crippen molar-refractivity contribution >= 4 is 54.6 Å². The molecule has 1 aliphatic carbocycles. The number of carboxylic acid groups (broad SMARTS) is 1. The number of hydrogen-bond donors (Lipinski definition) is 3. The molecule has 4 rings (SSSR count). The van der Waals surface area contributed by atoms with Gasteiger partial charge in [0.1, 0.15) is 16.9 Å². The van der Waals surface area contributed by atoms with E-state index in [1.807, 2.05) is 0 Å². The lowest BCUT2D eigenvalue weighted by Crippen LogP contribution is -2.54. The molecule has 4 atom stereocenters. The molecule has 2 aromatic rings. The lowest BCUT2D eigenvalue weighted by Gasteiger charge is -2.40. The predicted molar refractivity (Wildman–Crippen MR) is 94.0 cm³/mol. The number of nitrogens with two attached hydrogens (primary N) is 1. The highest BCUT2D eigenvalue weighted by Crippen LogP contribution is 2.58. The average molecular weight is 415 g/mol. The molecule has 3 heterocycles. The third-order valence-electron chi connectivity index (χ3n) is 4.55. The van der Waals surface area contributed by atoms with Crippen LogP contribution < -0.4 is 5.14 Å². The van der Waals surface area contributed by atoms with Gasteiger partial charge in [0.15, 0.2) is 0 Å². The molecule has 0 aromatic carbocycles. The van der Waals surface area contributed by atoms with Crippen LogP contribution in [0.2, 0.25) is 0 Å². The molecule has 0 spiro atoms. The normalized spacial score (nSPS) is 26.9. The summed E-state index contributed by atoms with van der Waals surface area (Å²) in [5.41, 5.74) is -0.00322. The smallest absolute Gasteiger partial charge is 0.333 e. The first-order valence-electron chi connectivity index (χ1n) is 7.47. The maximum absolute atomic E-state index is 12.3. The molecular weight excluding hydrogens is 402 g/mol. The maximum atomic E-state index is 12.3. The monoisotopic (exact) mass is 415 g/mol. The topological polar surface area (TPSA) is 152 Å². The van der Waals surface area contributed by atoms with Gasteiger partial charge in [0, 0.05) is 16.4 Å². The average Bonchev–Trinajstić information content (AvgIpc) is 3.14. The van der Waals surface area contributed by atoms with Gasteiger partial charge in [-0.05, 0) is 6.92 Å². The molecule has 2 aliphatic rings. The van der Waals surface area contributed by atoms with Crippen molar-refractivity contribution in [2.75, 3.05) is 0 Å². The van der Waals surface area contributed by atoms with E-state index in [0.29, 0.717) is 9.78 Å². The van der Waals surface area contributed by atoms with Crippen LogP contribution in [-0.2, 0) is 19.6 Å². The highest BCUT2D eigenvalue weighted by molar-refractivity contribution is 8.09. The quantitative estimate of drug-likeness (QED) is 0.638. The molecule has 12 heteroatoms. The molecule has 26 heavy (non-hydrogen) atoms. The largest absolute Gasteiger partial charge is 0.478 e. The number of aromatic nitrogens is 2. The molecule has 138 valence electrons. The molecule has 0 bridgehead atoms. The van der Waals surface area contributed by atoms with Crippen LogP contribution in [0.25, 0.3) is 9.74 Å². The molecule has 1 aliphatic heterocycles. The Morgan fingerprint density at radius 3 is 2.73 bits per heavy atom. The second-order valence-electron chi connectivity index (χ2n) is 6.18. The molecule has 2 aromatic heterocycles. The summed E-state index contributed by atoms with van der Waals surface area (Å²) in [7, 11) is -4.01. The number of carbonyl (C=O) groups excluding carboxylic acids is 1. The molecule has 0 radical (unpaired) electrons. The number of carbonyl (C=O) groups is 2. The summed E-state index contributed by atoms with van der Waals surface area (Å²) in [6.07, 6.45) is 2.00. The Morgan fingerprint density at radius 2 is 2.15 bits per heavy atom. The molecule has 1 fully saturated rings. The van der Waals surface area contributed by atoms with E-state index in [0.717, 1.165) is 11.3 Å². The first-order chi connectivity index (χ1) is 12.1. The summed E-state index contributed by atoms with van der Waals surface area (Å²) in [5.74, 6) is -2.84. The fourth-order valence-electron chi connectivity index (χ4n) is 3.42. The van der Waals surface area contributed by atoms with Crippen LogP contribution in [0.3, 0.4) is 0 Å². The van der Waals surface area contributed by atoms with Crippen LogP contribution >= 0.6 is 23.1 Å². The lowest BCUT2D eigenvalue weighted by atomic mass is 9.67. The number of nitrogens with zero attached hydrogens (tertiary/aromatic N) is 2. The number of hydrogen-bond acceptors (Lipinski definition) is 8. The van der Waals surface area contributed by atoms with E-state index in [2.05, 4.69) is 4.98 Å². The summed E-state index contributed by atoms with van der Waals surface area (Å²) >= 11 is 2.28. The van der Waals surface area contributed by atoms with E-state index in [1.54, 1.807) is 6.20 Å². The highest BCUT2D eigenvalue weighted by Gasteiger charge is 2.59. The minimum absolute atomic E-state index is 0.00322.